The number of nitrogens with one attached hydrogen (secondary N) is 1. The minimum absolute atomic E-state index is 0.0949. The van der Waals surface area contributed by atoms with Gasteiger partial charge in [-0.1, -0.05) is 13.8 Å². The van der Waals surface area contributed by atoms with E-state index in [0.717, 1.165) is 45.6 Å². The van der Waals surface area contributed by atoms with Gasteiger partial charge in [0.15, 0.2) is 0 Å². The number of amides is 2. The van der Waals surface area contributed by atoms with Crippen LogP contribution < -0.4 is 5.32 Å². The zero-order valence-electron chi connectivity index (χ0n) is 12.0. The van der Waals surface area contributed by atoms with E-state index in [4.69, 9.17) is 0 Å². The Kier molecular flexibility index (Phi) is 4.80. The first kappa shape index (κ1) is 14.3. The summed E-state index contributed by atoms with van der Waals surface area (Å²) in [5, 5.41) is 2.89. The molecule has 2 rings (SSSR count). The van der Waals surface area contributed by atoms with Crippen LogP contribution in [0.4, 0.5) is 0 Å². The highest BCUT2D eigenvalue weighted by molar-refractivity contribution is 5.82. The Hall–Kier alpha value is -1.10. The number of carbonyl (C=O) groups is 2. The summed E-state index contributed by atoms with van der Waals surface area (Å²) in [6.07, 6.45) is 2.02. The third-order valence-electron chi connectivity index (χ3n) is 4.05. The molecule has 0 radical (unpaired) electrons. The Morgan fingerprint density at radius 1 is 1.21 bits per heavy atom. The van der Waals surface area contributed by atoms with Gasteiger partial charge >= 0.3 is 0 Å². The number of nitrogens with zero attached hydrogens (tertiary/aromatic N) is 2. The Morgan fingerprint density at radius 3 is 2.37 bits per heavy atom. The highest BCUT2D eigenvalue weighted by Crippen LogP contribution is 2.39. The van der Waals surface area contributed by atoms with E-state index >= 15 is 0 Å². The van der Waals surface area contributed by atoms with Crippen molar-refractivity contribution < 1.29 is 9.59 Å². The van der Waals surface area contributed by atoms with Gasteiger partial charge in [-0.05, 0) is 18.8 Å². The fourth-order valence-corrected chi connectivity index (χ4v) is 2.55. The molecule has 0 bridgehead atoms. The average molecular weight is 267 g/mol. The lowest BCUT2D eigenvalue weighted by Gasteiger charge is -2.34. The van der Waals surface area contributed by atoms with E-state index in [1.165, 1.54) is 0 Å². The molecule has 1 saturated carbocycles. The highest BCUT2D eigenvalue weighted by Gasteiger charge is 2.41. The molecule has 2 atom stereocenters. The van der Waals surface area contributed by atoms with Crippen LogP contribution in [0.25, 0.3) is 0 Å². The molecule has 1 aliphatic heterocycles. The van der Waals surface area contributed by atoms with Crippen LogP contribution in [0.1, 0.15) is 26.7 Å². The molecule has 2 amide bonds. The smallest absolute Gasteiger partial charge is 0.234 e. The van der Waals surface area contributed by atoms with Crippen molar-refractivity contribution in [3.63, 3.8) is 0 Å². The minimum atomic E-state index is 0.0949. The largest absolute Gasteiger partial charge is 0.355 e. The molecule has 1 heterocycles. The molecule has 1 N–H and O–H groups in total. The van der Waals surface area contributed by atoms with E-state index in [1.807, 2.05) is 11.8 Å². The summed E-state index contributed by atoms with van der Waals surface area (Å²) in [6, 6.07) is 0. The molecule has 1 saturated heterocycles. The van der Waals surface area contributed by atoms with Gasteiger partial charge in [0.1, 0.15) is 0 Å². The summed E-state index contributed by atoms with van der Waals surface area (Å²) in [6.45, 7) is 8.55. The quantitative estimate of drug-likeness (QED) is 0.780. The summed E-state index contributed by atoms with van der Waals surface area (Å²) < 4.78 is 0. The standard InChI is InChI=1S/C14H25N3O2/c1-3-4-15-13(18)10-16-5-7-17(8-6-16)14(19)12-9-11(12)2/h11-12H,3-10H2,1-2H3,(H,15,18). The van der Waals surface area contributed by atoms with Gasteiger partial charge in [0.05, 0.1) is 6.54 Å². The maximum atomic E-state index is 12.1. The Balaban J connectivity index is 1.67. The van der Waals surface area contributed by atoms with Crippen LogP contribution in [0.15, 0.2) is 0 Å². The Bertz CT molecular complexity index is 338. The van der Waals surface area contributed by atoms with Gasteiger partial charge in [0.25, 0.3) is 0 Å². The van der Waals surface area contributed by atoms with E-state index in [2.05, 4.69) is 17.1 Å². The number of hydrogen-bond donors (Lipinski definition) is 1. The Morgan fingerprint density at radius 2 is 1.84 bits per heavy atom. The van der Waals surface area contributed by atoms with Crippen molar-refractivity contribution in [3.8, 4) is 0 Å². The van der Waals surface area contributed by atoms with E-state index in [-0.39, 0.29) is 11.8 Å². The molecular formula is C14H25N3O2. The minimum Gasteiger partial charge on any atom is -0.355 e. The van der Waals surface area contributed by atoms with Gasteiger partial charge in [0, 0.05) is 38.6 Å². The van der Waals surface area contributed by atoms with Crippen LogP contribution in [0.5, 0.6) is 0 Å². The zero-order chi connectivity index (χ0) is 13.8. The zero-order valence-corrected chi connectivity index (χ0v) is 12.0. The van der Waals surface area contributed by atoms with Crippen molar-refractivity contribution in [2.75, 3.05) is 39.3 Å². The fourth-order valence-electron chi connectivity index (χ4n) is 2.55. The molecule has 5 heteroatoms. The topological polar surface area (TPSA) is 52.7 Å². The van der Waals surface area contributed by atoms with E-state index in [0.29, 0.717) is 18.4 Å². The highest BCUT2D eigenvalue weighted by atomic mass is 16.2. The molecule has 0 aromatic rings. The lowest BCUT2D eigenvalue weighted by Crippen LogP contribution is -2.51. The maximum Gasteiger partial charge on any atom is 0.234 e. The van der Waals surface area contributed by atoms with Crippen molar-refractivity contribution in [1.29, 1.82) is 0 Å². The van der Waals surface area contributed by atoms with Crippen molar-refractivity contribution in [3.05, 3.63) is 0 Å². The lowest BCUT2D eigenvalue weighted by molar-refractivity contribution is -0.134. The van der Waals surface area contributed by atoms with Gasteiger partial charge < -0.3 is 10.2 Å². The first-order valence-corrected chi connectivity index (χ1v) is 7.39. The summed E-state index contributed by atoms with van der Waals surface area (Å²) in [5.74, 6) is 1.27. The monoisotopic (exact) mass is 267 g/mol. The molecule has 19 heavy (non-hydrogen) atoms. The fraction of sp³-hybridized carbons (Fsp3) is 0.857. The third-order valence-corrected chi connectivity index (χ3v) is 4.05. The first-order valence-electron chi connectivity index (χ1n) is 7.39. The Labute approximate surface area is 115 Å². The predicted octanol–water partition coefficient (Wildman–Crippen LogP) is 0.313. The first-order chi connectivity index (χ1) is 9.11. The number of piperazine rings is 1. The van der Waals surface area contributed by atoms with Gasteiger partial charge in [-0.25, -0.2) is 0 Å². The SMILES string of the molecule is CCCNC(=O)CN1CCN(C(=O)C2CC2C)CC1. The number of hydrogen-bond acceptors (Lipinski definition) is 3. The van der Waals surface area contributed by atoms with Crippen molar-refractivity contribution >= 4 is 11.8 Å². The summed E-state index contributed by atoms with van der Waals surface area (Å²) in [7, 11) is 0. The molecular weight excluding hydrogens is 242 g/mol. The van der Waals surface area contributed by atoms with Gasteiger partial charge in [0.2, 0.25) is 11.8 Å². The molecule has 108 valence electrons. The van der Waals surface area contributed by atoms with E-state index in [9.17, 15) is 9.59 Å². The van der Waals surface area contributed by atoms with Crippen LogP contribution in [0.3, 0.4) is 0 Å². The molecule has 2 fully saturated rings. The van der Waals surface area contributed by atoms with Gasteiger partial charge in [-0.15, -0.1) is 0 Å². The van der Waals surface area contributed by atoms with Crippen LogP contribution in [0.2, 0.25) is 0 Å². The summed E-state index contributed by atoms with van der Waals surface area (Å²) in [5.41, 5.74) is 0. The second-order valence-corrected chi connectivity index (χ2v) is 5.77. The number of rotatable bonds is 5. The van der Waals surface area contributed by atoms with Gasteiger partial charge in [-0.2, -0.15) is 0 Å². The second-order valence-electron chi connectivity index (χ2n) is 5.77. The van der Waals surface area contributed by atoms with Crippen LogP contribution in [-0.4, -0.2) is 60.9 Å². The van der Waals surface area contributed by atoms with Crippen LogP contribution in [0, 0.1) is 11.8 Å². The molecule has 0 spiro atoms. The summed E-state index contributed by atoms with van der Waals surface area (Å²) >= 11 is 0. The molecule has 0 aromatic carbocycles. The van der Waals surface area contributed by atoms with Gasteiger partial charge in [-0.3, -0.25) is 14.5 Å². The molecule has 0 aromatic heterocycles. The van der Waals surface area contributed by atoms with Crippen LogP contribution >= 0.6 is 0 Å². The maximum absolute atomic E-state index is 12.1. The molecule has 2 unspecified atom stereocenters. The van der Waals surface area contributed by atoms with E-state index in [1.54, 1.807) is 0 Å². The molecule has 5 nitrogen and oxygen atoms in total. The van der Waals surface area contributed by atoms with Crippen molar-refractivity contribution in [2.24, 2.45) is 11.8 Å². The van der Waals surface area contributed by atoms with Crippen molar-refractivity contribution in [1.82, 2.24) is 15.1 Å². The van der Waals surface area contributed by atoms with Crippen LogP contribution in [-0.2, 0) is 9.59 Å². The number of carbonyl (C=O) groups excluding carboxylic acids is 2. The predicted molar refractivity (Wildman–Crippen MR) is 73.6 cm³/mol. The van der Waals surface area contributed by atoms with E-state index < -0.39 is 0 Å². The second kappa shape index (κ2) is 6.37. The molecule has 2 aliphatic rings. The lowest BCUT2D eigenvalue weighted by atomic mass is 10.2. The average Bonchev–Trinajstić information content (AvgIpc) is 3.13. The third kappa shape index (κ3) is 3.93. The van der Waals surface area contributed by atoms with Crippen molar-refractivity contribution in [2.45, 2.75) is 26.7 Å². The summed E-state index contributed by atoms with van der Waals surface area (Å²) in [4.78, 5) is 27.8. The normalized spacial score (nSPS) is 27.2. The molecule has 1 aliphatic carbocycles.